The summed E-state index contributed by atoms with van der Waals surface area (Å²) >= 11 is 0. The van der Waals surface area contributed by atoms with Crippen molar-refractivity contribution in [3.05, 3.63) is 27.4 Å². The van der Waals surface area contributed by atoms with Gasteiger partial charge < -0.3 is 9.47 Å². The molecule has 0 aromatic carbocycles. The average Bonchev–Trinajstić information content (AvgIpc) is 2.98. The molecule has 4 rings (SSSR count). The Labute approximate surface area is 136 Å². The van der Waals surface area contributed by atoms with Gasteiger partial charge in [0.2, 0.25) is 0 Å². The minimum Gasteiger partial charge on any atom is -0.381 e. The van der Waals surface area contributed by atoms with Crippen LogP contribution in [0.15, 0.2) is 4.79 Å². The maximum atomic E-state index is 12.5. The van der Waals surface area contributed by atoms with Crippen LogP contribution in [0.4, 0.5) is 0 Å². The zero-order chi connectivity index (χ0) is 16.0. The quantitative estimate of drug-likeness (QED) is 0.777. The third-order valence-corrected chi connectivity index (χ3v) is 5.79. The number of ether oxygens (including phenoxy) is 2. The molecule has 3 aliphatic heterocycles. The monoisotopic (exact) mass is 319 g/mol. The predicted molar refractivity (Wildman–Crippen MR) is 85.2 cm³/mol. The van der Waals surface area contributed by atoms with E-state index in [1.807, 2.05) is 6.92 Å². The summed E-state index contributed by atoms with van der Waals surface area (Å²) in [5.74, 6) is 0.795. The molecule has 6 heteroatoms. The van der Waals surface area contributed by atoms with Gasteiger partial charge in [-0.25, -0.2) is 4.98 Å². The smallest absolute Gasteiger partial charge is 0.258 e. The second-order valence-electron chi connectivity index (χ2n) is 7.14. The van der Waals surface area contributed by atoms with Gasteiger partial charge in [0, 0.05) is 46.0 Å². The van der Waals surface area contributed by atoms with Gasteiger partial charge >= 0.3 is 0 Å². The summed E-state index contributed by atoms with van der Waals surface area (Å²) in [7, 11) is 1.80. The molecule has 2 saturated heterocycles. The highest BCUT2D eigenvalue weighted by molar-refractivity contribution is 5.23. The lowest BCUT2D eigenvalue weighted by atomic mass is 9.83. The molecular weight excluding hydrogens is 294 g/mol. The molecule has 0 amide bonds. The van der Waals surface area contributed by atoms with E-state index in [-0.39, 0.29) is 11.2 Å². The molecule has 0 N–H and O–H groups in total. The normalized spacial score (nSPS) is 27.3. The number of aryl methyl sites for hydroxylation is 1. The van der Waals surface area contributed by atoms with Crippen molar-refractivity contribution in [3.8, 4) is 0 Å². The molecule has 3 aliphatic rings. The van der Waals surface area contributed by atoms with Crippen LogP contribution < -0.4 is 5.56 Å². The maximum absolute atomic E-state index is 12.5. The number of hydrogen-bond acceptors (Lipinski definition) is 5. The first kappa shape index (κ1) is 15.3. The Morgan fingerprint density at radius 1 is 1.22 bits per heavy atom. The second kappa shape index (κ2) is 5.69. The summed E-state index contributed by atoms with van der Waals surface area (Å²) in [5.41, 5.74) is 1.95. The van der Waals surface area contributed by atoms with Gasteiger partial charge in [0.25, 0.3) is 5.56 Å². The highest BCUT2D eigenvalue weighted by Crippen LogP contribution is 2.37. The summed E-state index contributed by atoms with van der Waals surface area (Å²) in [6, 6.07) is 0.473. The standard InChI is InChI=1S/C17H25N3O3/c1-12-18-15-11-20(10-14(15)16(21)19(12)2)13-3-6-23-17(9-13)4-7-22-8-5-17/h13H,3-11H2,1-2H3. The first-order chi connectivity index (χ1) is 11.1. The van der Waals surface area contributed by atoms with E-state index < -0.39 is 0 Å². The van der Waals surface area contributed by atoms with E-state index in [0.29, 0.717) is 6.04 Å². The Morgan fingerprint density at radius 3 is 2.78 bits per heavy atom. The van der Waals surface area contributed by atoms with E-state index in [0.717, 1.165) is 75.7 Å². The van der Waals surface area contributed by atoms with Gasteiger partial charge in [-0.05, 0) is 32.6 Å². The summed E-state index contributed by atoms with van der Waals surface area (Å²) in [6.45, 7) is 5.83. The lowest BCUT2D eigenvalue weighted by Gasteiger charge is -2.45. The molecular formula is C17H25N3O3. The Balaban J connectivity index is 1.54. The first-order valence-corrected chi connectivity index (χ1v) is 8.59. The van der Waals surface area contributed by atoms with E-state index in [4.69, 9.17) is 9.47 Å². The van der Waals surface area contributed by atoms with Gasteiger partial charge in [-0.1, -0.05) is 0 Å². The van der Waals surface area contributed by atoms with E-state index >= 15 is 0 Å². The molecule has 4 heterocycles. The fraction of sp³-hybridized carbons (Fsp3) is 0.765. The van der Waals surface area contributed by atoms with Crippen LogP contribution in [-0.4, -0.2) is 45.9 Å². The Kier molecular flexibility index (Phi) is 3.78. The fourth-order valence-corrected chi connectivity index (χ4v) is 4.22. The van der Waals surface area contributed by atoms with Crippen LogP contribution in [-0.2, 0) is 29.6 Å². The Morgan fingerprint density at radius 2 is 2.00 bits per heavy atom. The zero-order valence-electron chi connectivity index (χ0n) is 14.0. The Bertz CT molecular complexity index is 658. The second-order valence-corrected chi connectivity index (χ2v) is 7.14. The Hall–Kier alpha value is -1.24. The van der Waals surface area contributed by atoms with Crippen molar-refractivity contribution >= 4 is 0 Å². The van der Waals surface area contributed by atoms with Gasteiger partial charge in [-0.2, -0.15) is 0 Å². The van der Waals surface area contributed by atoms with Gasteiger partial charge in [0.1, 0.15) is 5.82 Å². The summed E-state index contributed by atoms with van der Waals surface area (Å²) in [4.78, 5) is 19.5. The fourth-order valence-electron chi connectivity index (χ4n) is 4.22. The van der Waals surface area contributed by atoms with Crippen LogP contribution in [0.5, 0.6) is 0 Å². The molecule has 2 fully saturated rings. The first-order valence-electron chi connectivity index (χ1n) is 8.59. The summed E-state index contributed by atoms with van der Waals surface area (Å²) in [6.07, 6.45) is 4.06. The van der Waals surface area contributed by atoms with Crippen LogP contribution in [0.3, 0.4) is 0 Å². The van der Waals surface area contributed by atoms with Crippen molar-refractivity contribution in [2.75, 3.05) is 19.8 Å². The van der Waals surface area contributed by atoms with Crippen LogP contribution >= 0.6 is 0 Å². The highest BCUT2D eigenvalue weighted by Gasteiger charge is 2.42. The third kappa shape index (κ3) is 2.62. The molecule has 1 spiro atoms. The van der Waals surface area contributed by atoms with Crippen molar-refractivity contribution in [2.24, 2.45) is 7.05 Å². The van der Waals surface area contributed by atoms with Gasteiger partial charge in [-0.15, -0.1) is 0 Å². The third-order valence-electron chi connectivity index (χ3n) is 5.79. The lowest BCUT2D eigenvalue weighted by Crippen LogP contribution is -2.50. The summed E-state index contributed by atoms with van der Waals surface area (Å²) < 4.78 is 13.3. The lowest BCUT2D eigenvalue weighted by molar-refractivity contribution is -0.152. The van der Waals surface area contributed by atoms with E-state index in [1.54, 1.807) is 11.6 Å². The van der Waals surface area contributed by atoms with Crippen LogP contribution in [0, 0.1) is 6.92 Å². The van der Waals surface area contributed by atoms with Crippen molar-refractivity contribution in [1.82, 2.24) is 14.5 Å². The predicted octanol–water partition coefficient (Wildman–Crippen LogP) is 1.13. The van der Waals surface area contributed by atoms with Crippen molar-refractivity contribution in [3.63, 3.8) is 0 Å². The van der Waals surface area contributed by atoms with E-state index in [1.165, 1.54) is 0 Å². The average molecular weight is 319 g/mol. The van der Waals surface area contributed by atoms with Crippen LogP contribution in [0.2, 0.25) is 0 Å². The maximum Gasteiger partial charge on any atom is 0.258 e. The van der Waals surface area contributed by atoms with Gasteiger partial charge in [-0.3, -0.25) is 14.3 Å². The molecule has 0 bridgehead atoms. The topological polar surface area (TPSA) is 56.6 Å². The molecule has 1 atom stereocenters. The van der Waals surface area contributed by atoms with Crippen LogP contribution in [0.25, 0.3) is 0 Å². The number of rotatable bonds is 1. The SMILES string of the molecule is Cc1nc2c(c(=O)n1C)CN(C1CCOC3(CCOCC3)C1)C2. The van der Waals surface area contributed by atoms with Crippen molar-refractivity contribution in [1.29, 1.82) is 0 Å². The molecule has 1 unspecified atom stereocenters. The van der Waals surface area contributed by atoms with Gasteiger partial charge in [0.05, 0.1) is 16.9 Å². The molecule has 6 nitrogen and oxygen atoms in total. The molecule has 0 radical (unpaired) electrons. The number of fused-ring (bicyclic) bond motifs is 1. The van der Waals surface area contributed by atoms with Crippen molar-refractivity contribution in [2.45, 2.75) is 57.3 Å². The number of nitrogens with zero attached hydrogens (tertiary/aromatic N) is 3. The number of hydrogen-bond donors (Lipinski definition) is 0. The molecule has 1 aromatic rings. The van der Waals surface area contributed by atoms with E-state index in [2.05, 4.69) is 9.88 Å². The van der Waals surface area contributed by atoms with Crippen molar-refractivity contribution < 1.29 is 9.47 Å². The zero-order valence-corrected chi connectivity index (χ0v) is 14.0. The molecule has 1 aromatic heterocycles. The summed E-state index contributed by atoms with van der Waals surface area (Å²) in [5, 5.41) is 0. The molecule has 126 valence electrons. The highest BCUT2D eigenvalue weighted by atomic mass is 16.5. The molecule has 23 heavy (non-hydrogen) atoms. The minimum absolute atomic E-state index is 0.00967. The minimum atomic E-state index is -0.00967. The van der Waals surface area contributed by atoms with Gasteiger partial charge in [0.15, 0.2) is 0 Å². The van der Waals surface area contributed by atoms with Crippen LogP contribution in [0.1, 0.15) is 42.8 Å². The molecule has 0 saturated carbocycles. The van der Waals surface area contributed by atoms with E-state index in [9.17, 15) is 4.79 Å². The number of aromatic nitrogens is 2. The largest absolute Gasteiger partial charge is 0.381 e. The molecule has 0 aliphatic carbocycles.